The number of nitrogens with one attached hydrogen (secondary N) is 2. The van der Waals surface area contributed by atoms with E-state index in [1.807, 2.05) is 6.92 Å². The zero-order valence-electron chi connectivity index (χ0n) is 12.8. The summed E-state index contributed by atoms with van der Waals surface area (Å²) in [5.74, 6) is -1.14. The summed E-state index contributed by atoms with van der Waals surface area (Å²) in [6.07, 6.45) is 1.73. The molecule has 0 heterocycles. The van der Waals surface area contributed by atoms with Crippen molar-refractivity contribution in [2.75, 3.05) is 13.7 Å². The maximum absolute atomic E-state index is 13.3. The van der Waals surface area contributed by atoms with Crippen LogP contribution >= 0.6 is 0 Å². The lowest BCUT2D eigenvalue weighted by molar-refractivity contribution is -0.122. The van der Waals surface area contributed by atoms with Crippen molar-refractivity contribution in [1.29, 1.82) is 0 Å². The van der Waals surface area contributed by atoms with Crippen molar-refractivity contribution in [3.8, 4) is 5.75 Å². The number of hydrogen-bond donors (Lipinski definition) is 2. The first-order chi connectivity index (χ1) is 10.3. The summed E-state index contributed by atoms with van der Waals surface area (Å²) < 4.78 is 45.0. The Labute approximate surface area is 130 Å². The molecule has 0 spiro atoms. The summed E-state index contributed by atoms with van der Waals surface area (Å²) >= 11 is 0. The summed E-state index contributed by atoms with van der Waals surface area (Å²) in [4.78, 5) is 11.5. The predicted molar refractivity (Wildman–Crippen MR) is 80.7 cm³/mol. The highest BCUT2D eigenvalue weighted by molar-refractivity contribution is 7.89. The number of sulfonamides is 1. The quantitative estimate of drug-likeness (QED) is 0.705. The number of rotatable bonds is 8. The van der Waals surface area contributed by atoms with Gasteiger partial charge in [-0.05, 0) is 31.5 Å². The lowest BCUT2D eigenvalue weighted by Crippen LogP contribution is -2.45. The third-order valence-electron chi connectivity index (χ3n) is 2.97. The number of amides is 1. The third-order valence-corrected chi connectivity index (χ3v) is 4.53. The third kappa shape index (κ3) is 4.96. The molecule has 1 rings (SSSR count). The molecule has 0 fully saturated rings. The number of unbranched alkanes of at least 4 members (excludes halogenated alkanes) is 1. The Balaban J connectivity index is 2.87. The molecule has 0 radical (unpaired) electrons. The van der Waals surface area contributed by atoms with Gasteiger partial charge in [0.2, 0.25) is 15.9 Å². The molecule has 1 atom stereocenters. The molecule has 0 aliphatic carbocycles. The standard InChI is InChI=1S/C14H21FN2O4S/c1-4-5-8-16-14(18)10(2)17-22(19,20)13-9-11(15)6-7-12(13)21-3/h6-7,9-10,17H,4-5,8H2,1-3H3,(H,16,18). The summed E-state index contributed by atoms with van der Waals surface area (Å²) in [5.41, 5.74) is 0. The number of hydrogen-bond acceptors (Lipinski definition) is 4. The zero-order valence-corrected chi connectivity index (χ0v) is 13.7. The molecule has 1 aromatic rings. The molecule has 124 valence electrons. The SMILES string of the molecule is CCCCNC(=O)C(C)NS(=O)(=O)c1cc(F)ccc1OC. The highest BCUT2D eigenvalue weighted by Crippen LogP contribution is 2.24. The fourth-order valence-electron chi connectivity index (χ4n) is 1.75. The van der Waals surface area contributed by atoms with Gasteiger partial charge >= 0.3 is 0 Å². The second-order valence-electron chi connectivity index (χ2n) is 4.78. The van der Waals surface area contributed by atoms with Crippen molar-refractivity contribution in [3.05, 3.63) is 24.0 Å². The Morgan fingerprint density at radius 2 is 2.09 bits per heavy atom. The topological polar surface area (TPSA) is 84.5 Å². The van der Waals surface area contributed by atoms with Gasteiger partial charge in [0.15, 0.2) is 0 Å². The molecule has 1 aromatic carbocycles. The van der Waals surface area contributed by atoms with Crippen LogP contribution in [0.25, 0.3) is 0 Å². The van der Waals surface area contributed by atoms with E-state index in [0.29, 0.717) is 6.54 Å². The number of benzene rings is 1. The monoisotopic (exact) mass is 332 g/mol. The molecular weight excluding hydrogens is 311 g/mol. The van der Waals surface area contributed by atoms with Gasteiger partial charge in [0, 0.05) is 6.54 Å². The first kappa shape index (κ1) is 18.4. The number of methoxy groups -OCH3 is 1. The van der Waals surface area contributed by atoms with Gasteiger partial charge in [0.1, 0.15) is 16.5 Å². The number of carbonyl (C=O) groups excluding carboxylic acids is 1. The minimum Gasteiger partial charge on any atom is -0.495 e. The molecule has 0 bridgehead atoms. The molecule has 0 aliphatic rings. The Kier molecular flexibility index (Phi) is 6.76. The van der Waals surface area contributed by atoms with Gasteiger partial charge in [-0.1, -0.05) is 13.3 Å². The van der Waals surface area contributed by atoms with E-state index in [0.717, 1.165) is 25.0 Å². The summed E-state index contributed by atoms with van der Waals surface area (Å²) in [7, 11) is -2.79. The predicted octanol–water partition coefficient (Wildman–Crippen LogP) is 1.42. The fraction of sp³-hybridized carbons (Fsp3) is 0.500. The van der Waals surface area contributed by atoms with Crippen molar-refractivity contribution < 1.29 is 22.3 Å². The van der Waals surface area contributed by atoms with Crippen LogP contribution < -0.4 is 14.8 Å². The fourth-order valence-corrected chi connectivity index (χ4v) is 3.14. The minimum absolute atomic E-state index is 0.00694. The smallest absolute Gasteiger partial charge is 0.245 e. The molecule has 0 saturated heterocycles. The van der Waals surface area contributed by atoms with Gasteiger partial charge in [-0.3, -0.25) is 4.79 Å². The average Bonchev–Trinajstić information content (AvgIpc) is 2.46. The Morgan fingerprint density at radius 1 is 1.41 bits per heavy atom. The Bertz CT molecular complexity index is 619. The molecule has 8 heteroatoms. The second kappa shape index (κ2) is 8.09. The molecule has 22 heavy (non-hydrogen) atoms. The number of ether oxygens (including phenoxy) is 1. The maximum Gasteiger partial charge on any atom is 0.245 e. The Morgan fingerprint density at radius 3 is 2.68 bits per heavy atom. The average molecular weight is 332 g/mol. The van der Waals surface area contributed by atoms with Crippen LogP contribution in [0, 0.1) is 5.82 Å². The van der Waals surface area contributed by atoms with E-state index in [4.69, 9.17) is 4.74 Å². The number of carbonyl (C=O) groups is 1. The van der Waals surface area contributed by atoms with E-state index in [-0.39, 0.29) is 10.6 Å². The van der Waals surface area contributed by atoms with E-state index in [1.165, 1.54) is 20.1 Å². The zero-order chi connectivity index (χ0) is 16.8. The van der Waals surface area contributed by atoms with Gasteiger partial charge < -0.3 is 10.1 Å². The second-order valence-corrected chi connectivity index (χ2v) is 6.47. The summed E-state index contributed by atoms with van der Waals surface area (Å²) in [6, 6.07) is 2.19. The largest absolute Gasteiger partial charge is 0.495 e. The van der Waals surface area contributed by atoms with Gasteiger partial charge in [-0.2, -0.15) is 4.72 Å². The highest BCUT2D eigenvalue weighted by atomic mass is 32.2. The van der Waals surface area contributed by atoms with Crippen molar-refractivity contribution in [2.45, 2.75) is 37.6 Å². The van der Waals surface area contributed by atoms with Crippen molar-refractivity contribution in [3.63, 3.8) is 0 Å². The molecule has 0 aliphatic heterocycles. The Hall–Kier alpha value is -1.67. The van der Waals surface area contributed by atoms with E-state index in [2.05, 4.69) is 10.0 Å². The molecule has 0 aromatic heterocycles. The first-order valence-electron chi connectivity index (χ1n) is 6.95. The van der Waals surface area contributed by atoms with Crippen LogP contribution in [0.2, 0.25) is 0 Å². The highest BCUT2D eigenvalue weighted by Gasteiger charge is 2.25. The van der Waals surface area contributed by atoms with E-state index >= 15 is 0 Å². The van der Waals surface area contributed by atoms with Crippen LogP contribution in [0.15, 0.2) is 23.1 Å². The first-order valence-corrected chi connectivity index (χ1v) is 8.43. The van der Waals surface area contributed by atoms with Gasteiger partial charge in [-0.15, -0.1) is 0 Å². The van der Waals surface area contributed by atoms with Crippen LogP contribution in [0.3, 0.4) is 0 Å². The molecule has 6 nitrogen and oxygen atoms in total. The van der Waals surface area contributed by atoms with Crippen molar-refractivity contribution >= 4 is 15.9 Å². The van der Waals surface area contributed by atoms with E-state index in [1.54, 1.807) is 0 Å². The van der Waals surface area contributed by atoms with E-state index < -0.39 is 27.8 Å². The lowest BCUT2D eigenvalue weighted by atomic mass is 10.3. The van der Waals surface area contributed by atoms with Gasteiger partial charge in [0.05, 0.1) is 13.2 Å². The van der Waals surface area contributed by atoms with Crippen LogP contribution in [0.5, 0.6) is 5.75 Å². The van der Waals surface area contributed by atoms with E-state index in [9.17, 15) is 17.6 Å². The van der Waals surface area contributed by atoms with Gasteiger partial charge in [0.25, 0.3) is 0 Å². The van der Waals surface area contributed by atoms with Crippen LogP contribution in [-0.4, -0.2) is 34.0 Å². The lowest BCUT2D eigenvalue weighted by Gasteiger charge is -2.16. The molecule has 0 saturated carbocycles. The maximum atomic E-state index is 13.3. The molecule has 1 amide bonds. The van der Waals surface area contributed by atoms with Crippen molar-refractivity contribution in [1.82, 2.24) is 10.0 Å². The van der Waals surface area contributed by atoms with Crippen LogP contribution in [0.1, 0.15) is 26.7 Å². The molecular formula is C14H21FN2O4S. The van der Waals surface area contributed by atoms with Crippen LogP contribution in [-0.2, 0) is 14.8 Å². The van der Waals surface area contributed by atoms with Crippen molar-refractivity contribution in [2.24, 2.45) is 0 Å². The summed E-state index contributed by atoms with van der Waals surface area (Å²) in [6.45, 7) is 3.88. The minimum atomic E-state index is -4.08. The molecule has 2 N–H and O–H groups in total. The summed E-state index contributed by atoms with van der Waals surface area (Å²) in [5, 5.41) is 2.63. The normalized spacial score (nSPS) is 12.7. The number of halogens is 1. The van der Waals surface area contributed by atoms with Gasteiger partial charge in [-0.25, -0.2) is 12.8 Å². The van der Waals surface area contributed by atoms with Crippen LogP contribution in [0.4, 0.5) is 4.39 Å². The molecule has 1 unspecified atom stereocenters.